The van der Waals surface area contributed by atoms with Crippen molar-refractivity contribution in [1.82, 2.24) is 0 Å². The molecular formula is C26H31N3O5. The van der Waals surface area contributed by atoms with E-state index in [0.29, 0.717) is 30.8 Å². The van der Waals surface area contributed by atoms with Crippen molar-refractivity contribution >= 4 is 28.9 Å². The minimum atomic E-state index is -0.967. The van der Waals surface area contributed by atoms with Crippen LogP contribution in [-0.2, 0) is 9.59 Å². The lowest BCUT2D eigenvalue weighted by Gasteiger charge is -2.38. The van der Waals surface area contributed by atoms with E-state index in [1.54, 1.807) is 18.2 Å². The van der Waals surface area contributed by atoms with Crippen LogP contribution in [0.5, 0.6) is 11.5 Å². The van der Waals surface area contributed by atoms with Gasteiger partial charge >= 0.3 is 5.97 Å². The van der Waals surface area contributed by atoms with Crippen molar-refractivity contribution in [2.45, 2.75) is 19.8 Å². The molecule has 2 aromatic rings. The highest BCUT2D eigenvalue weighted by atomic mass is 16.5. The minimum absolute atomic E-state index is 0.0827. The number of phenols is 1. The zero-order valence-electron chi connectivity index (χ0n) is 19.3. The molecule has 1 amide bonds. The molecule has 180 valence electrons. The van der Waals surface area contributed by atoms with Gasteiger partial charge in [0.05, 0.1) is 29.8 Å². The third-order valence-electron chi connectivity index (χ3n) is 6.46. The molecule has 1 saturated heterocycles. The Kier molecular flexibility index (Phi) is 7.25. The first-order chi connectivity index (χ1) is 16.5. The molecule has 0 spiro atoms. The van der Waals surface area contributed by atoms with Gasteiger partial charge < -0.3 is 30.1 Å². The summed E-state index contributed by atoms with van der Waals surface area (Å²) in [6.07, 6.45) is 4.39. The third-order valence-corrected chi connectivity index (χ3v) is 6.46. The number of rotatable bonds is 7. The smallest absolute Gasteiger partial charge is 0.307 e. The van der Waals surface area contributed by atoms with Crippen LogP contribution in [0.1, 0.15) is 19.8 Å². The first-order valence-electron chi connectivity index (χ1n) is 11.7. The molecule has 8 heteroatoms. The fourth-order valence-corrected chi connectivity index (χ4v) is 4.66. The number of piperazine rings is 1. The number of hydrogen-bond acceptors (Lipinski definition) is 6. The van der Waals surface area contributed by atoms with Crippen LogP contribution >= 0.6 is 0 Å². The van der Waals surface area contributed by atoms with E-state index in [1.807, 2.05) is 31.2 Å². The number of nitrogens with one attached hydrogen (secondary N) is 1. The number of hydrogen-bond donors (Lipinski definition) is 3. The van der Waals surface area contributed by atoms with E-state index < -0.39 is 17.8 Å². The summed E-state index contributed by atoms with van der Waals surface area (Å²) < 4.78 is 5.76. The Balaban J connectivity index is 1.39. The van der Waals surface area contributed by atoms with Crippen LogP contribution in [0.25, 0.3) is 0 Å². The molecule has 3 N–H and O–H groups in total. The maximum Gasteiger partial charge on any atom is 0.307 e. The standard InChI is InChI=1S/C26H31N3O5/c1-2-34-24-10-6-5-9-22(24)29-15-13-28(14-16-29)21-12-11-18(17-23(21)30)27-25(31)19-7-3-4-8-20(19)26(32)33/h3-6,9-12,17,19-20,30H,2,7-8,13-16H2,1H3,(H,27,31)(H,32,33). The second kappa shape index (κ2) is 10.5. The van der Waals surface area contributed by atoms with Gasteiger partial charge in [-0.1, -0.05) is 24.3 Å². The van der Waals surface area contributed by atoms with E-state index in [9.17, 15) is 19.8 Å². The second-order valence-corrected chi connectivity index (χ2v) is 8.56. The highest BCUT2D eigenvalue weighted by molar-refractivity contribution is 5.96. The Morgan fingerprint density at radius 3 is 2.26 bits per heavy atom. The van der Waals surface area contributed by atoms with Gasteiger partial charge in [-0.25, -0.2) is 0 Å². The summed E-state index contributed by atoms with van der Waals surface area (Å²) in [5, 5.41) is 22.9. The molecule has 0 aromatic heterocycles. The molecule has 1 aliphatic heterocycles. The van der Waals surface area contributed by atoms with E-state index in [0.717, 1.165) is 37.6 Å². The second-order valence-electron chi connectivity index (χ2n) is 8.56. The van der Waals surface area contributed by atoms with E-state index in [1.165, 1.54) is 6.07 Å². The van der Waals surface area contributed by atoms with Crippen molar-refractivity contribution in [3.8, 4) is 11.5 Å². The Bertz CT molecular complexity index is 1060. The molecule has 0 radical (unpaired) electrons. The largest absolute Gasteiger partial charge is 0.506 e. The molecule has 1 fully saturated rings. The molecular weight excluding hydrogens is 434 g/mol. The predicted molar refractivity (Wildman–Crippen MR) is 132 cm³/mol. The molecule has 0 saturated carbocycles. The fraction of sp³-hybridized carbons (Fsp3) is 0.385. The number of aliphatic carboxylic acids is 1. The number of carboxylic acid groups (broad SMARTS) is 1. The zero-order chi connectivity index (χ0) is 24.1. The monoisotopic (exact) mass is 465 g/mol. The third kappa shape index (κ3) is 5.11. The van der Waals surface area contributed by atoms with Gasteiger partial charge in [0.2, 0.25) is 5.91 Å². The van der Waals surface area contributed by atoms with Crippen molar-refractivity contribution in [1.29, 1.82) is 0 Å². The Morgan fingerprint density at radius 2 is 1.62 bits per heavy atom. The van der Waals surface area contributed by atoms with Gasteiger partial charge in [0, 0.05) is 37.9 Å². The fourth-order valence-electron chi connectivity index (χ4n) is 4.66. The molecule has 2 aliphatic rings. The number of benzene rings is 2. The SMILES string of the molecule is CCOc1ccccc1N1CCN(c2ccc(NC(=O)C3CC=CCC3C(=O)O)cc2O)CC1. The number of ether oxygens (including phenoxy) is 1. The number of nitrogens with zero attached hydrogens (tertiary/aromatic N) is 2. The minimum Gasteiger partial charge on any atom is -0.506 e. The summed E-state index contributed by atoms with van der Waals surface area (Å²) in [5.41, 5.74) is 2.23. The lowest BCUT2D eigenvalue weighted by atomic mass is 9.82. The maximum atomic E-state index is 12.7. The number of allylic oxidation sites excluding steroid dienone is 2. The zero-order valence-corrected chi connectivity index (χ0v) is 19.3. The van der Waals surface area contributed by atoms with Gasteiger partial charge in [-0.05, 0) is 44.0 Å². The first-order valence-corrected chi connectivity index (χ1v) is 11.7. The van der Waals surface area contributed by atoms with Crippen LogP contribution in [0.2, 0.25) is 0 Å². The normalized spacial score (nSPS) is 20.1. The lowest BCUT2D eigenvalue weighted by molar-refractivity contribution is -0.146. The number of anilines is 3. The number of aromatic hydroxyl groups is 1. The molecule has 2 aromatic carbocycles. The van der Waals surface area contributed by atoms with Gasteiger partial charge in [-0.2, -0.15) is 0 Å². The summed E-state index contributed by atoms with van der Waals surface area (Å²) in [7, 11) is 0. The Labute approximate surface area is 199 Å². The van der Waals surface area contributed by atoms with Crippen molar-refractivity contribution < 1.29 is 24.5 Å². The predicted octanol–water partition coefficient (Wildman–Crippen LogP) is 3.72. The highest BCUT2D eigenvalue weighted by Gasteiger charge is 2.34. The van der Waals surface area contributed by atoms with Gasteiger partial charge in [0.1, 0.15) is 11.5 Å². The topological polar surface area (TPSA) is 102 Å². The first kappa shape index (κ1) is 23.5. The highest BCUT2D eigenvalue weighted by Crippen LogP contribution is 2.34. The Hall–Kier alpha value is -3.68. The van der Waals surface area contributed by atoms with Crippen LogP contribution in [0.15, 0.2) is 54.6 Å². The summed E-state index contributed by atoms with van der Waals surface area (Å²) >= 11 is 0. The molecule has 34 heavy (non-hydrogen) atoms. The van der Waals surface area contributed by atoms with Crippen LogP contribution in [0, 0.1) is 11.8 Å². The van der Waals surface area contributed by atoms with E-state index in [4.69, 9.17) is 4.74 Å². The van der Waals surface area contributed by atoms with Crippen LogP contribution in [0.4, 0.5) is 17.1 Å². The van der Waals surface area contributed by atoms with Gasteiger partial charge in [-0.3, -0.25) is 9.59 Å². The molecule has 2 unspecified atom stereocenters. The number of carbonyl (C=O) groups is 2. The number of phenolic OH excluding ortho intramolecular Hbond substituents is 1. The van der Waals surface area contributed by atoms with Crippen molar-refractivity contribution in [3.05, 3.63) is 54.6 Å². The lowest BCUT2D eigenvalue weighted by Crippen LogP contribution is -2.46. The summed E-state index contributed by atoms with van der Waals surface area (Å²) in [4.78, 5) is 28.6. The van der Waals surface area contributed by atoms with E-state index in [2.05, 4.69) is 21.2 Å². The molecule has 8 nitrogen and oxygen atoms in total. The molecule has 0 bridgehead atoms. The van der Waals surface area contributed by atoms with Crippen molar-refractivity contribution in [2.24, 2.45) is 11.8 Å². The number of amides is 1. The quantitative estimate of drug-likeness (QED) is 0.536. The maximum absolute atomic E-state index is 12.7. The number of carboxylic acids is 1. The van der Waals surface area contributed by atoms with Gasteiger partial charge in [-0.15, -0.1) is 0 Å². The van der Waals surface area contributed by atoms with E-state index >= 15 is 0 Å². The molecule has 1 aliphatic carbocycles. The number of para-hydroxylation sites is 2. The van der Waals surface area contributed by atoms with Crippen LogP contribution in [-0.4, -0.2) is 54.9 Å². The average molecular weight is 466 g/mol. The van der Waals surface area contributed by atoms with Crippen LogP contribution < -0.4 is 19.9 Å². The number of carbonyl (C=O) groups excluding carboxylic acids is 1. The average Bonchev–Trinajstić information content (AvgIpc) is 2.85. The van der Waals surface area contributed by atoms with Crippen molar-refractivity contribution in [3.63, 3.8) is 0 Å². The van der Waals surface area contributed by atoms with Gasteiger partial charge in [0.25, 0.3) is 0 Å². The summed E-state index contributed by atoms with van der Waals surface area (Å²) in [5.74, 6) is -1.71. The van der Waals surface area contributed by atoms with Gasteiger partial charge in [0.15, 0.2) is 0 Å². The molecule has 2 atom stereocenters. The summed E-state index contributed by atoms with van der Waals surface area (Å²) in [6.45, 7) is 5.62. The van der Waals surface area contributed by atoms with Crippen LogP contribution in [0.3, 0.4) is 0 Å². The summed E-state index contributed by atoms with van der Waals surface area (Å²) in [6, 6.07) is 13.1. The molecule has 1 heterocycles. The van der Waals surface area contributed by atoms with E-state index in [-0.39, 0.29) is 11.7 Å². The molecule has 4 rings (SSSR count). The Morgan fingerprint density at radius 1 is 0.971 bits per heavy atom. The van der Waals surface area contributed by atoms with Crippen molar-refractivity contribution in [2.75, 3.05) is 47.9 Å².